The normalized spacial score (nSPS) is 17.9. The summed E-state index contributed by atoms with van der Waals surface area (Å²) in [5, 5.41) is 6.85. The van der Waals surface area contributed by atoms with Gasteiger partial charge in [0.1, 0.15) is 0 Å². The molecule has 0 radical (unpaired) electrons. The minimum absolute atomic E-state index is 0.150. The molecular formula is C20H32N4O. The van der Waals surface area contributed by atoms with Crippen molar-refractivity contribution in [3.8, 4) is 0 Å². The third-order valence-electron chi connectivity index (χ3n) is 5.25. The first-order valence-electron chi connectivity index (χ1n) is 9.14. The molecule has 5 heteroatoms. The largest absolute Gasteiger partial charge is 0.355 e. The van der Waals surface area contributed by atoms with Crippen LogP contribution in [0.4, 0.5) is 0 Å². The number of aryl methyl sites for hydroxylation is 1. The maximum atomic E-state index is 12.7. The lowest BCUT2D eigenvalue weighted by molar-refractivity contribution is -0.138. The van der Waals surface area contributed by atoms with E-state index in [-0.39, 0.29) is 17.4 Å². The van der Waals surface area contributed by atoms with Crippen molar-refractivity contribution < 1.29 is 4.79 Å². The molecule has 1 aromatic rings. The van der Waals surface area contributed by atoms with Crippen molar-refractivity contribution in [3.63, 3.8) is 0 Å². The average Bonchev–Trinajstić information content (AvgIpc) is 3.08. The molecule has 1 atom stereocenters. The summed E-state index contributed by atoms with van der Waals surface area (Å²) in [6, 6.07) is 8.51. The summed E-state index contributed by atoms with van der Waals surface area (Å²) in [5.41, 5.74) is 2.21. The van der Waals surface area contributed by atoms with Crippen LogP contribution in [0.5, 0.6) is 0 Å². The van der Waals surface area contributed by atoms with Gasteiger partial charge in [0.25, 0.3) is 0 Å². The van der Waals surface area contributed by atoms with Crippen molar-refractivity contribution in [2.45, 2.75) is 45.6 Å². The number of aliphatic imine (C=N–C) groups is 1. The zero-order valence-corrected chi connectivity index (χ0v) is 16.2. The number of carbonyl (C=O) groups excluding carboxylic acids is 1. The van der Waals surface area contributed by atoms with Gasteiger partial charge in [-0.1, -0.05) is 37.1 Å². The van der Waals surface area contributed by atoms with Crippen molar-refractivity contribution in [2.24, 2.45) is 10.4 Å². The fraction of sp³-hybridized carbons (Fsp3) is 0.600. The standard InChI is InChI=1S/C20H32N4O/c1-15-10-6-7-11-17(15)16(2)23-19(21-3)22-14-20(12-8-9-13-20)18(25)24(4)5/h6-7,10-11,16H,8-9,12-14H2,1-5H3,(H2,21,22,23). The summed E-state index contributed by atoms with van der Waals surface area (Å²) in [7, 11) is 5.46. The molecule has 1 fully saturated rings. The molecule has 0 saturated heterocycles. The second-order valence-electron chi connectivity index (χ2n) is 7.34. The topological polar surface area (TPSA) is 56.7 Å². The SMILES string of the molecule is CN=C(NCC1(C(=O)N(C)C)CCCC1)NC(C)c1ccccc1C. The van der Waals surface area contributed by atoms with Gasteiger partial charge in [0, 0.05) is 27.7 Å². The molecule has 1 unspecified atom stereocenters. The Balaban J connectivity index is 2.02. The summed E-state index contributed by atoms with van der Waals surface area (Å²) in [4.78, 5) is 18.8. The molecule has 1 saturated carbocycles. The Hall–Kier alpha value is -2.04. The molecule has 2 N–H and O–H groups in total. The van der Waals surface area contributed by atoms with Gasteiger partial charge < -0.3 is 15.5 Å². The number of amides is 1. The molecule has 1 aromatic carbocycles. The molecule has 25 heavy (non-hydrogen) atoms. The van der Waals surface area contributed by atoms with Crippen molar-refractivity contribution >= 4 is 11.9 Å². The van der Waals surface area contributed by atoms with Gasteiger partial charge in [-0.15, -0.1) is 0 Å². The van der Waals surface area contributed by atoms with Gasteiger partial charge in [-0.05, 0) is 37.8 Å². The number of hydrogen-bond acceptors (Lipinski definition) is 2. The number of nitrogens with one attached hydrogen (secondary N) is 2. The molecule has 2 rings (SSSR count). The Morgan fingerprint density at radius 3 is 2.48 bits per heavy atom. The third kappa shape index (κ3) is 4.53. The van der Waals surface area contributed by atoms with Gasteiger partial charge in [0.2, 0.25) is 5.91 Å². The van der Waals surface area contributed by atoms with E-state index in [0.29, 0.717) is 6.54 Å². The first kappa shape index (κ1) is 19.3. The van der Waals surface area contributed by atoms with E-state index in [9.17, 15) is 4.79 Å². The molecule has 0 aliphatic heterocycles. The van der Waals surface area contributed by atoms with Gasteiger partial charge in [-0.3, -0.25) is 9.79 Å². The monoisotopic (exact) mass is 344 g/mol. The predicted molar refractivity (Wildman–Crippen MR) is 104 cm³/mol. The molecule has 1 amide bonds. The fourth-order valence-corrected chi connectivity index (χ4v) is 3.80. The van der Waals surface area contributed by atoms with E-state index >= 15 is 0 Å². The molecule has 0 bridgehead atoms. The number of carbonyl (C=O) groups is 1. The van der Waals surface area contributed by atoms with E-state index in [1.54, 1.807) is 11.9 Å². The van der Waals surface area contributed by atoms with E-state index in [4.69, 9.17) is 0 Å². The highest BCUT2D eigenvalue weighted by Gasteiger charge is 2.42. The number of hydrogen-bond donors (Lipinski definition) is 2. The van der Waals surface area contributed by atoms with Crippen molar-refractivity contribution in [2.75, 3.05) is 27.7 Å². The quantitative estimate of drug-likeness (QED) is 0.638. The molecule has 5 nitrogen and oxygen atoms in total. The average molecular weight is 345 g/mol. The molecule has 138 valence electrons. The Labute approximate surface area is 151 Å². The highest BCUT2D eigenvalue weighted by Crippen LogP contribution is 2.38. The molecule has 0 aromatic heterocycles. The lowest BCUT2D eigenvalue weighted by Crippen LogP contribution is -2.49. The van der Waals surface area contributed by atoms with E-state index < -0.39 is 0 Å². The summed E-state index contributed by atoms with van der Waals surface area (Å²) in [6.07, 6.45) is 4.13. The van der Waals surface area contributed by atoms with Crippen LogP contribution < -0.4 is 10.6 Å². The van der Waals surface area contributed by atoms with Crippen LogP contribution in [0, 0.1) is 12.3 Å². The van der Waals surface area contributed by atoms with Crippen LogP contribution in [0.15, 0.2) is 29.3 Å². The van der Waals surface area contributed by atoms with Crippen molar-refractivity contribution in [3.05, 3.63) is 35.4 Å². The molecular weight excluding hydrogens is 312 g/mol. The lowest BCUT2D eigenvalue weighted by atomic mass is 9.84. The fourth-order valence-electron chi connectivity index (χ4n) is 3.80. The van der Waals surface area contributed by atoms with Crippen molar-refractivity contribution in [1.82, 2.24) is 15.5 Å². The van der Waals surface area contributed by atoms with Crippen LogP contribution in [0.1, 0.15) is 49.8 Å². The van der Waals surface area contributed by atoms with Crippen molar-refractivity contribution in [1.29, 1.82) is 0 Å². The Morgan fingerprint density at radius 1 is 1.28 bits per heavy atom. The highest BCUT2D eigenvalue weighted by molar-refractivity contribution is 5.85. The van der Waals surface area contributed by atoms with Gasteiger partial charge in [0.05, 0.1) is 11.5 Å². The van der Waals surface area contributed by atoms with Crippen LogP contribution >= 0.6 is 0 Å². The predicted octanol–water partition coefficient (Wildman–Crippen LogP) is 2.87. The number of benzene rings is 1. The van der Waals surface area contributed by atoms with Gasteiger partial charge in [-0.25, -0.2) is 0 Å². The third-order valence-corrected chi connectivity index (χ3v) is 5.25. The maximum absolute atomic E-state index is 12.7. The summed E-state index contributed by atoms with van der Waals surface area (Å²) in [5.74, 6) is 0.966. The van der Waals surface area contributed by atoms with Crippen LogP contribution in [0.3, 0.4) is 0 Å². The van der Waals surface area contributed by atoms with E-state index in [1.807, 2.05) is 14.1 Å². The molecule has 1 aliphatic rings. The molecule has 0 heterocycles. The van der Waals surface area contributed by atoms with Crippen LogP contribution in [-0.2, 0) is 4.79 Å². The zero-order chi connectivity index (χ0) is 18.4. The zero-order valence-electron chi connectivity index (χ0n) is 16.2. The molecule has 0 spiro atoms. The van der Waals surface area contributed by atoms with Gasteiger partial charge >= 0.3 is 0 Å². The first-order chi connectivity index (χ1) is 11.9. The maximum Gasteiger partial charge on any atom is 0.230 e. The second kappa shape index (κ2) is 8.37. The summed E-state index contributed by atoms with van der Waals surface area (Å²) < 4.78 is 0. The number of nitrogens with zero attached hydrogens (tertiary/aromatic N) is 2. The highest BCUT2D eigenvalue weighted by atomic mass is 16.2. The first-order valence-corrected chi connectivity index (χ1v) is 9.14. The van der Waals surface area contributed by atoms with Gasteiger partial charge in [-0.2, -0.15) is 0 Å². The van der Waals surface area contributed by atoms with E-state index in [2.05, 4.69) is 53.7 Å². The van der Waals surface area contributed by atoms with Crippen LogP contribution in [0.2, 0.25) is 0 Å². The summed E-state index contributed by atoms with van der Waals surface area (Å²) in [6.45, 7) is 4.88. The minimum Gasteiger partial charge on any atom is -0.355 e. The minimum atomic E-state index is -0.299. The summed E-state index contributed by atoms with van der Waals surface area (Å²) >= 11 is 0. The van der Waals surface area contributed by atoms with Gasteiger partial charge in [0.15, 0.2) is 5.96 Å². The Morgan fingerprint density at radius 2 is 1.92 bits per heavy atom. The molecule has 1 aliphatic carbocycles. The van der Waals surface area contributed by atoms with Crippen LogP contribution in [0.25, 0.3) is 0 Å². The Bertz CT molecular complexity index is 618. The number of rotatable bonds is 5. The number of guanidine groups is 1. The second-order valence-corrected chi connectivity index (χ2v) is 7.34. The smallest absolute Gasteiger partial charge is 0.230 e. The van der Waals surface area contributed by atoms with Crippen LogP contribution in [-0.4, -0.2) is 44.5 Å². The van der Waals surface area contributed by atoms with E-state index in [1.165, 1.54) is 11.1 Å². The lowest BCUT2D eigenvalue weighted by Gasteiger charge is -2.32. The van der Waals surface area contributed by atoms with E-state index in [0.717, 1.165) is 31.6 Å². The Kier molecular flexibility index (Phi) is 6.45.